The maximum Gasteiger partial charge on any atom is 0.335 e. The summed E-state index contributed by atoms with van der Waals surface area (Å²) in [6.07, 6.45) is 0. The van der Waals surface area contributed by atoms with E-state index in [9.17, 15) is 14.0 Å². The fraction of sp³-hybridized carbons (Fsp3) is 0.130. The average Bonchev–Trinajstić information content (AvgIpc) is 2.71. The monoisotopic (exact) mass is 393 g/mol. The number of carboxylic acids is 1. The molecule has 0 unspecified atom stereocenters. The molecule has 0 aliphatic rings. The zero-order chi connectivity index (χ0) is 20.8. The molecular weight excluding hydrogens is 373 g/mol. The number of benzene rings is 3. The maximum atomic E-state index is 13.3. The largest absolute Gasteiger partial charge is 0.489 e. The first-order valence-electron chi connectivity index (χ1n) is 9.01. The molecule has 3 rings (SSSR count). The van der Waals surface area contributed by atoms with E-state index in [0.717, 1.165) is 11.1 Å². The Morgan fingerprint density at radius 3 is 2.45 bits per heavy atom. The van der Waals surface area contributed by atoms with E-state index < -0.39 is 5.97 Å². The van der Waals surface area contributed by atoms with Crippen molar-refractivity contribution in [3.8, 4) is 5.75 Å². The van der Waals surface area contributed by atoms with Crippen molar-refractivity contribution in [3.05, 3.63) is 100 Å². The predicted octanol–water partition coefficient (Wildman–Crippen LogP) is 4.34. The number of halogens is 1. The van der Waals surface area contributed by atoms with Crippen molar-refractivity contribution in [2.75, 3.05) is 0 Å². The first kappa shape index (κ1) is 20.1. The van der Waals surface area contributed by atoms with Crippen LogP contribution in [0.4, 0.5) is 4.39 Å². The zero-order valence-electron chi connectivity index (χ0n) is 15.8. The van der Waals surface area contributed by atoms with E-state index in [-0.39, 0.29) is 30.4 Å². The van der Waals surface area contributed by atoms with Gasteiger partial charge in [0.05, 0.1) is 5.56 Å². The van der Waals surface area contributed by atoms with Crippen molar-refractivity contribution in [1.82, 2.24) is 5.32 Å². The summed E-state index contributed by atoms with van der Waals surface area (Å²) in [5.74, 6) is -1.07. The van der Waals surface area contributed by atoms with E-state index in [1.165, 1.54) is 24.3 Å². The minimum Gasteiger partial charge on any atom is -0.489 e. The third-order valence-electron chi connectivity index (χ3n) is 4.40. The minimum atomic E-state index is -0.994. The lowest BCUT2D eigenvalue weighted by Crippen LogP contribution is -2.23. The Kier molecular flexibility index (Phi) is 6.24. The quantitative estimate of drug-likeness (QED) is 0.626. The van der Waals surface area contributed by atoms with E-state index in [0.29, 0.717) is 16.9 Å². The highest BCUT2D eigenvalue weighted by Crippen LogP contribution is 2.19. The Balaban J connectivity index is 1.63. The van der Waals surface area contributed by atoms with Crippen LogP contribution in [0.5, 0.6) is 5.75 Å². The van der Waals surface area contributed by atoms with E-state index in [1.807, 2.05) is 6.92 Å². The van der Waals surface area contributed by atoms with Gasteiger partial charge in [-0.3, -0.25) is 4.79 Å². The molecule has 0 aliphatic carbocycles. The van der Waals surface area contributed by atoms with Gasteiger partial charge in [-0.05, 0) is 60.0 Å². The second-order valence-electron chi connectivity index (χ2n) is 6.58. The molecule has 0 atom stereocenters. The highest BCUT2D eigenvalue weighted by molar-refractivity contribution is 5.96. The first-order chi connectivity index (χ1) is 13.9. The van der Waals surface area contributed by atoms with Crippen LogP contribution >= 0.6 is 0 Å². The summed E-state index contributed by atoms with van der Waals surface area (Å²) in [5.41, 5.74) is 2.95. The van der Waals surface area contributed by atoms with Crippen LogP contribution in [0.3, 0.4) is 0 Å². The molecule has 0 bridgehead atoms. The number of hydrogen-bond acceptors (Lipinski definition) is 3. The summed E-state index contributed by atoms with van der Waals surface area (Å²) in [5, 5.41) is 11.8. The Hall–Kier alpha value is -3.67. The maximum absolute atomic E-state index is 13.3. The van der Waals surface area contributed by atoms with Crippen LogP contribution in [0.15, 0.2) is 66.7 Å². The van der Waals surface area contributed by atoms with Crippen molar-refractivity contribution >= 4 is 11.9 Å². The Morgan fingerprint density at radius 1 is 1.00 bits per heavy atom. The van der Waals surface area contributed by atoms with Gasteiger partial charge < -0.3 is 15.2 Å². The summed E-state index contributed by atoms with van der Waals surface area (Å²) < 4.78 is 19.0. The molecule has 148 valence electrons. The summed E-state index contributed by atoms with van der Waals surface area (Å²) in [4.78, 5) is 23.5. The van der Waals surface area contributed by atoms with Crippen LogP contribution in [-0.2, 0) is 13.2 Å². The van der Waals surface area contributed by atoms with E-state index in [2.05, 4.69) is 5.32 Å². The normalized spacial score (nSPS) is 10.4. The molecule has 29 heavy (non-hydrogen) atoms. The fourth-order valence-corrected chi connectivity index (χ4v) is 2.77. The lowest BCUT2D eigenvalue weighted by atomic mass is 10.1. The van der Waals surface area contributed by atoms with Crippen molar-refractivity contribution in [3.63, 3.8) is 0 Å². The third kappa shape index (κ3) is 5.42. The first-order valence-corrected chi connectivity index (χ1v) is 9.01. The number of carboxylic acid groups (broad SMARTS) is 1. The van der Waals surface area contributed by atoms with Gasteiger partial charge in [-0.25, -0.2) is 9.18 Å². The highest BCUT2D eigenvalue weighted by Gasteiger charge is 2.11. The van der Waals surface area contributed by atoms with Gasteiger partial charge in [0.15, 0.2) is 0 Å². The zero-order valence-corrected chi connectivity index (χ0v) is 15.8. The fourth-order valence-electron chi connectivity index (χ4n) is 2.77. The number of rotatable bonds is 7. The van der Waals surface area contributed by atoms with Crippen molar-refractivity contribution in [2.24, 2.45) is 0 Å². The standard InChI is InChI=1S/C23H20FNO4/c1-15-5-10-20(29-14-17-3-2-4-19(24)11-17)12-21(15)22(26)25-13-16-6-8-18(9-7-16)23(27)28/h2-12H,13-14H2,1H3,(H,25,26)(H,27,28). The molecule has 3 aromatic rings. The van der Waals surface area contributed by atoms with Gasteiger partial charge in [0, 0.05) is 12.1 Å². The molecule has 0 saturated heterocycles. The van der Waals surface area contributed by atoms with Crippen LogP contribution in [0.2, 0.25) is 0 Å². The number of nitrogens with one attached hydrogen (secondary N) is 1. The SMILES string of the molecule is Cc1ccc(OCc2cccc(F)c2)cc1C(=O)NCc1ccc(C(=O)O)cc1. The summed E-state index contributed by atoms with van der Waals surface area (Å²) in [7, 11) is 0. The Labute approximate surface area is 167 Å². The van der Waals surface area contributed by atoms with Crippen LogP contribution in [0.1, 0.15) is 37.4 Å². The van der Waals surface area contributed by atoms with Gasteiger partial charge in [-0.2, -0.15) is 0 Å². The summed E-state index contributed by atoms with van der Waals surface area (Å²) in [6.45, 7) is 2.29. The molecule has 0 aromatic heterocycles. The Bertz CT molecular complexity index is 1030. The molecule has 0 heterocycles. The molecule has 1 amide bonds. The number of hydrogen-bond donors (Lipinski definition) is 2. The van der Waals surface area contributed by atoms with E-state index >= 15 is 0 Å². The average molecular weight is 393 g/mol. The number of ether oxygens (including phenoxy) is 1. The highest BCUT2D eigenvalue weighted by atomic mass is 19.1. The molecule has 3 aromatic carbocycles. The van der Waals surface area contributed by atoms with Crippen LogP contribution in [0, 0.1) is 12.7 Å². The van der Waals surface area contributed by atoms with Crippen LogP contribution in [0.25, 0.3) is 0 Å². The summed E-state index contributed by atoms with van der Waals surface area (Å²) >= 11 is 0. The Morgan fingerprint density at radius 2 is 1.76 bits per heavy atom. The van der Waals surface area contributed by atoms with Gasteiger partial charge in [-0.1, -0.05) is 30.3 Å². The van der Waals surface area contributed by atoms with Crippen molar-refractivity contribution < 1.29 is 23.8 Å². The van der Waals surface area contributed by atoms with Crippen LogP contribution in [-0.4, -0.2) is 17.0 Å². The van der Waals surface area contributed by atoms with Crippen LogP contribution < -0.4 is 10.1 Å². The van der Waals surface area contributed by atoms with Gasteiger partial charge >= 0.3 is 5.97 Å². The van der Waals surface area contributed by atoms with Gasteiger partial charge in [0.2, 0.25) is 0 Å². The van der Waals surface area contributed by atoms with Crippen molar-refractivity contribution in [2.45, 2.75) is 20.1 Å². The van der Waals surface area contributed by atoms with E-state index in [1.54, 1.807) is 42.5 Å². The number of carbonyl (C=O) groups is 2. The second kappa shape index (κ2) is 9.01. The molecule has 6 heteroatoms. The molecule has 0 saturated carbocycles. The number of aromatic carboxylic acids is 1. The molecule has 2 N–H and O–H groups in total. The smallest absolute Gasteiger partial charge is 0.335 e. The topological polar surface area (TPSA) is 75.6 Å². The number of aryl methyl sites for hydroxylation is 1. The lowest BCUT2D eigenvalue weighted by molar-refractivity contribution is 0.0696. The molecule has 0 aliphatic heterocycles. The number of carbonyl (C=O) groups excluding carboxylic acids is 1. The van der Waals surface area contributed by atoms with Crippen molar-refractivity contribution in [1.29, 1.82) is 0 Å². The van der Waals surface area contributed by atoms with Gasteiger partial charge in [0.1, 0.15) is 18.2 Å². The minimum absolute atomic E-state index is 0.192. The molecular formula is C23H20FNO4. The number of amides is 1. The van der Waals surface area contributed by atoms with Gasteiger partial charge in [-0.15, -0.1) is 0 Å². The molecule has 5 nitrogen and oxygen atoms in total. The third-order valence-corrected chi connectivity index (χ3v) is 4.40. The molecule has 0 fully saturated rings. The summed E-state index contributed by atoms with van der Waals surface area (Å²) in [6, 6.07) is 17.7. The second-order valence-corrected chi connectivity index (χ2v) is 6.58. The van der Waals surface area contributed by atoms with Gasteiger partial charge in [0.25, 0.3) is 5.91 Å². The molecule has 0 spiro atoms. The predicted molar refractivity (Wildman–Crippen MR) is 106 cm³/mol. The lowest BCUT2D eigenvalue weighted by Gasteiger charge is -2.11. The molecule has 0 radical (unpaired) electrons. The van der Waals surface area contributed by atoms with E-state index in [4.69, 9.17) is 9.84 Å².